The lowest BCUT2D eigenvalue weighted by molar-refractivity contribution is -0.137. The number of amides is 2. The van der Waals surface area contributed by atoms with Gasteiger partial charge in [0.1, 0.15) is 5.76 Å². The second-order valence-electron chi connectivity index (χ2n) is 5.08. The number of nitrogens with one attached hydrogen (secondary N) is 2. The van der Waals surface area contributed by atoms with Crippen molar-refractivity contribution in [1.29, 1.82) is 0 Å². The predicted octanol–water partition coefficient (Wildman–Crippen LogP) is 2.01. The molecule has 0 radical (unpaired) electrons. The number of carbonyl (C=O) groups is 2. The average molecular weight is 282 g/mol. The zero-order valence-electron chi connectivity index (χ0n) is 11.9. The highest BCUT2D eigenvalue weighted by atomic mass is 16.4. The Morgan fingerprint density at radius 3 is 2.75 bits per heavy atom. The number of carboxylic acids is 1. The topological polar surface area (TPSA) is 91.6 Å². The highest BCUT2D eigenvalue weighted by molar-refractivity contribution is 5.74. The maximum atomic E-state index is 11.7. The third kappa shape index (κ3) is 6.82. The van der Waals surface area contributed by atoms with Gasteiger partial charge in [-0.15, -0.1) is 0 Å². The molecule has 2 atom stereocenters. The lowest BCUT2D eigenvalue weighted by Gasteiger charge is -2.15. The molecule has 6 heteroatoms. The summed E-state index contributed by atoms with van der Waals surface area (Å²) in [4.78, 5) is 22.1. The lowest BCUT2D eigenvalue weighted by Crippen LogP contribution is -2.43. The maximum Gasteiger partial charge on any atom is 0.315 e. The number of urea groups is 1. The van der Waals surface area contributed by atoms with Crippen molar-refractivity contribution in [2.24, 2.45) is 5.92 Å². The van der Waals surface area contributed by atoms with Crippen LogP contribution in [0.4, 0.5) is 4.79 Å². The number of aliphatic carboxylic acids is 1. The minimum atomic E-state index is -0.812. The van der Waals surface area contributed by atoms with Gasteiger partial charge in [-0.1, -0.05) is 6.92 Å². The third-order valence-electron chi connectivity index (χ3n) is 2.93. The first kappa shape index (κ1) is 16.1. The Morgan fingerprint density at radius 1 is 1.40 bits per heavy atom. The van der Waals surface area contributed by atoms with E-state index >= 15 is 0 Å². The first-order valence-corrected chi connectivity index (χ1v) is 6.76. The van der Waals surface area contributed by atoms with E-state index in [2.05, 4.69) is 10.6 Å². The summed E-state index contributed by atoms with van der Waals surface area (Å²) in [6.45, 7) is 4.28. The summed E-state index contributed by atoms with van der Waals surface area (Å²) in [6.07, 6.45) is 2.91. The molecule has 2 amide bonds. The van der Waals surface area contributed by atoms with Gasteiger partial charge in [-0.05, 0) is 31.4 Å². The molecule has 2 unspecified atom stereocenters. The highest BCUT2D eigenvalue weighted by Crippen LogP contribution is 2.05. The van der Waals surface area contributed by atoms with Crippen LogP contribution in [-0.2, 0) is 11.2 Å². The van der Waals surface area contributed by atoms with Gasteiger partial charge in [-0.2, -0.15) is 0 Å². The largest absolute Gasteiger partial charge is 0.481 e. The summed E-state index contributed by atoms with van der Waals surface area (Å²) in [5.41, 5.74) is 0. The van der Waals surface area contributed by atoms with E-state index in [9.17, 15) is 9.59 Å². The minimum Gasteiger partial charge on any atom is -0.481 e. The van der Waals surface area contributed by atoms with Crippen LogP contribution in [-0.4, -0.2) is 29.7 Å². The van der Waals surface area contributed by atoms with Gasteiger partial charge in [0.2, 0.25) is 0 Å². The van der Waals surface area contributed by atoms with Crippen molar-refractivity contribution in [2.45, 2.75) is 39.2 Å². The molecule has 0 saturated carbocycles. The van der Waals surface area contributed by atoms with E-state index in [4.69, 9.17) is 9.52 Å². The molecule has 0 aromatic carbocycles. The smallest absolute Gasteiger partial charge is 0.315 e. The molecule has 0 aliphatic carbocycles. The van der Waals surface area contributed by atoms with Crippen LogP contribution >= 0.6 is 0 Å². The molecule has 1 rings (SSSR count). The van der Waals surface area contributed by atoms with Gasteiger partial charge < -0.3 is 20.2 Å². The van der Waals surface area contributed by atoms with Gasteiger partial charge in [0, 0.05) is 25.4 Å². The van der Waals surface area contributed by atoms with Gasteiger partial charge in [0.05, 0.1) is 6.26 Å². The number of rotatable bonds is 8. The Hall–Kier alpha value is -1.98. The number of furan rings is 1. The first-order chi connectivity index (χ1) is 9.47. The fourth-order valence-electron chi connectivity index (χ4n) is 1.80. The molecule has 0 fully saturated rings. The van der Waals surface area contributed by atoms with Crippen molar-refractivity contribution in [3.63, 3.8) is 0 Å². The Labute approximate surface area is 118 Å². The Morgan fingerprint density at radius 2 is 2.15 bits per heavy atom. The van der Waals surface area contributed by atoms with Crippen molar-refractivity contribution in [1.82, 2.24) is 10.6 Å². The van der Waals surface area contributed by atoms with Crippen LogP contribution in [0.5, 0.6) is 0 Å². The number of hydrogen-bond acceptors (Lipinski definition) is 3. The Bertz CT molecular complexity index is 417. The van der Waals surface area contributed by atoms with Crippen LogP contribution in [0.1, 0.15) is 32.4 Å². The summed E-state index contributed by atoms with van der Waals surface area (Å²) in [5.74, 6) is 0.151. The summed E-state index contributed by atoms with van der Waals surface area (Å²) in [7, 11) is 0. The zero-order chi connectivity index (χ0) is 15.0. The van der Waals surface area contributed by atoms with Crippen LogP contribution in [0.15, 0.2) is 22.8 Å². The Kier molecular flexibility index (Phi) is 6.63. The van der Waals surface area contributed by atoms with E-state index in [0.29, 0.717) is 19.4 Å². The maximum absolute atomic E-state index is 11.7. The summed E-state index contributed by atoms with van der Waals surface area (Å²) < 4.78 is 5.21. The average Bonchev–Trinajstić information content (AvgIpc) is 2.86. The number of carboxylic acid groups (broad SMARTS) is 1. The molecule has 0 bridgehead atoms. The summed E-state index contributed by atoms with van der Waals surface area (Å²) in [5, 5.41) is 14.1. The normalized spacial score (nSPS) is 13.5. The molecule has 1 aromatic heterocycles. The quantitative estimate of drug-likeness (QED) is 0.680. The molecular weight excluding hydrogens is 260 g/mol. The lowest BCUT2D eigenvalue weighted by atomic mass is 10.1. The molecule has 6 nitrogen and oxygen atoms in total. The van der Waals surface area contributed by atoms with Crippen LogP contribution in [0.2, 0.25) is 0 Å². The molecule has 0 spiro atoms. The monoisotopic (exact) mass is 282 g/mol. The van der Waals surface area contributed by atoms with Crippen molar-refractivity contribution < 1.29 is 19.1 Å². The predicted molar refractivity (Wildman–Crippen MR) is 74.4 cm³/mol. The SMILES string of the molecule is CC(CCC(=O)O)CNC(=O)NC(C)Cc1ccco1. The van der Waals surface area contributed by atoms with Gasteiger partial charge in [-0.25, -0.2) is 4.79 Å². The molecule has 3 N–H and O–H groups in total. The van der Waals surface area contributed by atoms with Crippen molar-refractivity contribution >= 4 is 12.0 Å². The van der Waals surface area contributed by atoms with Crippen LogP contribution in [0, 0.1) is 5.92 Å². The van der Waals surface area contributed by atoms with E-state index in [1.807, 2.05) is 26.0 Å². The van der Waals surface area contributed by atoms with Crippen molar-refractivity contribution in [2.75, 3.05) is 6.54 Å². The summed E-state index contributed by atoms with van der Waals surface area (Å²) >= 11 is 0. The standard InChI is InChI=1S/C14H22N2O4/c1-10(5-6-13(17)18)9-15-14(19)16-11(2)8-12-4-3-7-20-12/h3-4,7,10-11H,5-6,8-9H2,1-2H3,(H,17,18)(H2,15,16,19). The fourth-order valence-corrected chi connectivity index (χ4v) is 1.80. The Balaban J connectivity index is 2.17. The molecule has 1 aromatic rings. The molecular formula is C14H22N2O4. The van der Waals surface area contributed by atoms with E-state index in [0.717, 1.165) is 5.76 Å². The van der Waals surface area contributed by atoms with E-state index in [1.54, 1.807) is 6.26 Å². The van der Waals surface area contributed by atoms with Gasteiger partial charge in [0.25, 0.3) is 0 Å². The first-order valence-electron chi connectivity index (χ1n) is 6.76. The van der Waals surface area contributed by atoms with Gasteiger partial charge in [-0.3, -0.25) is 4.79 Å². The highest BCUT2D eigenvalue weighted by Gasteiger charge is 2.11. The molecule has 112 valence electrons. The van der Waals surface area contributed by atoms with Crippen molar-refractivity contribution in [3.8, 4) is 0 Å². The minimum absolute atomic E-state index is 0.0320. The number of hydrogen-bond donors (Lipinski definition) is 3. The van der Waals surface area contributed by atoms with Gasteiger partial charge >= 0.3 is 12.0 Å². The number of carbonyl (C=O) groups excluding carboxylic acids is 1. The van der Waals surface area contributed by atoms with Crippen LogP contribution in [0.3, 0.4) is 0 Å². The molecule has 20 heavy (non-hydrogen) atoms. The summed E-state index contributed by atoms with van der Waals surface area (Å²) in [6, 6.07) is 3.40. The zero-order valence-corrected chi connectivity index (χ0v) is 11.9. The molecule has 0 aliphatic heterocycles. The molecule has 0 aliphatic rings. The van der Waals surface area contributed by atoms with Crippen LogP contribution in [0.25, 0.3) is 0 Å². The molecule has 1 heterocycles. The van der Waals surface area contributed by atoms with Gasteiger partial charge in [0.15, 0.2) is 0 Å². The third-order valence-corrected chi connectivity index (χ3v) is 2.93. The second-order valence-corrected chi connectivity index (χ2v) is 5.08. The second kappa shape index (κ2) is 8.24. The van der Waals surface area contributed by atoms with E-state index in [1.165, 1.54) is 0 Å². The van der Waals surface area contributed by atoms with Crippen LogP contribution < -0.4 is 10.6 Å². The van der Waals surface area contributed by atoms with E-state index < -0.39 is 5.97 Å². The van der Waals surface area contributed by atoms with Crippen molar-refractivity contribution in [3.05, 3.63) is 24.2 Å². The fraction of sp³-hybridized carbons (Fsp3) is 0.571. The molecule has 0 saturated heterocycles. The van der Waals surface area contributed by atoms with E-state index in [-0.39, 0.29) is 24.4 Å².